The molecule has 1 aliphatic heterocycles. The number of aromatic nitrogens is 2. The Labute approximate surface area is 106 Å². The fourth-order valence-corrected chi connectivity index (χ4v) is 2.17. The smallest absolute Gasteiger partial charge is 0.314 e. The predicted octanol–water partition coefficient (Wildman–Crippen LogP) is 0.384. The van der Waals surface area contributed by atoms with Crippen molar-refractivity contribution in [3.05, 3.63) is 6.07 Å². The second-order valence-electron chi connectivity index (χ2n) is 4.44. The normalized spacial score (nSPS) is 16.7. The molecule has 0 saturated carbocycles. The molecule has 0 spiro atoms. The van der Waals surface area contributed by atoms with E-state index in [9.17, 15) is 4.79 Å². The second kappa shape index (κ2) is 5.16. The first-order valence-corrected chi connectivity index (χ1v) is 5.99. The Morgan fingerprint density at radius 3 is 2.72 bits per heavy atom. The molecule has 3 N–H and O–H groups in total. The Bertz CT molecular complexity index is 423. The standard InChI is InChI=1S/C11H19N5O2/c1-15-10(18-2)7-9(14-15)13-8-3-5-16(6-4-8)11(12)17/h7-8H,3-6H2,1-2H3,(H2,12,17)(H,13,14). The third-order valence-corrected chi connectivity index (χ3v) is 3.20. The highest BCUT2D eigenvalue weighted by Gasteiger charge is 2.21. The lowest BCUT2D eigenvalue weighted by Gasteiger charge is -2.31. The van der Waals surface area contributed by atoms with Crippen molar-refractivity contribution >= 4 is 11.8 Å². The Morgan fingerprint density at radius 2 is 2.22 bits per heavy atom. The van der Waals surface area contributed by atoms with E-state index in [1.807, 2.05) is 13.1 Å². The van der Waals surface area contributed by atoms with Gasteiger partial charge in [-0.05, 0) is 12.8 Å². The van der Waals surface area contributed by atoms with Crippen LogP contribution in [0.25, 0.3) is 0 Å². The van der Waals surface area contributed by atoms with E-state index >= 15 is 0 Å². The molecule has 7 nitrogen and oxygen atoms in total. The van der Waals surface area contributed by atoms with Crippen LogP contribution in [-0.2, 0) is 7.05 Å². The maximum Gasteiger partial charge on any atom is 0.314 e. The molecule has 0 bridgehead atoms. The molecule has 0 radical (unpaired) electrons. The van der Waals surface area contributed by atoms with E-state index in [0.717, 1.165) is 18.7 Å². The second-order valence-corrected chi connectivity index (χ2v) is 4.44. The molecule has 1 aliphatic rings. The van der Waals surface area contributed by atoms with Crippen LogP contribution in [0.3, 0.4) is 0 Å². The summed E-state index contributed by atoms with van der Waals surface area (Å²) in [4.78, 5) is 12.7. The van der Waals surface area contributed by atoms with E-state index < -0.39 is 0 Å². The molecule has 0 unspecified atom stereocenters. The molecule has 1 saturated heterocycles. The Hall–Kier alpha value is -1.92. The minimum atomic E-state index is -0.340. The fraction of sp³-hybridized carbons (Fsp3) is 0.636. The summed E-state index contributed by atoms with van der Waals surface area (Å²) in [6, 6.07) is 1.84. The number of rotatable bonds is 3. The summed E-state index contributed by atoms with van der Waals surface area (Å²) in [5.41, 5.74) is 5.24. The van der Waals surface area contributed by atoms with Gasteiger partial charge in [-0.2, -0.15) is 5.10 Å². The number of nitrogens with one attached hydrogen (secondary N) is 1. The van der Waals surface area contributed by atoms with Crippen LogP contribution >= 0.6 is 0 Å². The lowest BCUT2D eigenvalue weighted by atomic mass is 10.1. The van der Waals surface area contributed by atoms with Gasteiger partial charge in [0, 0.05) is 32.2 Å². The van der Waals surface area contributed by atoms with Crippen molar-refractivity contribution in [3.63, 3.8) is 0 Å². The zero-order valence-electron chi connectivity index (χ0n) is 10.7. The fourth-order valence-electron chi connectivity index (χ4n) is 2.17. The topological polar surface area (TPSA) is 85.4 Å². The van der Waals surface area contributed by atoms with E-state index in [4.69, 9.17) is 10.5 Å². The number of methoxy groups -OCH3 is 1. The molecule has 2 heterocycles. The zero-order valence-corrected chi connectivity index (χ0v) is 10.7. The number of amides is 2. The predicted molar refractivity (Wildman–Crippen MR) is 67.6 cm³/mol. The molecule has 100 valence electrons. The molecule has 1 fully saturated rings. The summed E-state index contributed by atoms with van der Waals surface area (Å²) in [7, 11) is 3.45. The number of primary amides is 1. The monoisotopic (exact) mass is 253 g/mol. The number of likely N-dealkylation sites (tertiary alicyclic amines) is 1. The lowest BCUT2D eigenvalue weighted by Crippen LogP contribution is -2.44. The van der Waals surface area contributed by atoms with Crippen molar-refractivity contribution in [1.82, 2.24) is 14.7 Å². The SMILES string of the molecule is COc1cc(NC2CCN(C(N)=O)CC2)nn1C. The van der Waals surface area contributed by atoms with Gasteiger partial charge in [0.15, 0.2) is 5.82 Å². The highest BCUT2D eigenvalue weighted by molar-refractivity contribution is 5.72. The zero-order chi connectivity index (χ0) is 13.1. The van der Waals surface area contributed by atoms with E-state index in [2.05, 4.69) is 10.4 Å². The Balaban J connectivity index is 1.89. The van der Waals surface area contributed by atoms with Crippen molar-refractivity contribution in [2.24, 2.45) is 12.8 Å². The minimum Gasteiger partial charge on any atom is -0.481 e. The Kier molecular flexibility index (Phi) is 3.59. The number of piperidine rings is 1. The van der Waals surface area contributed by atoms with Crippen molar-refractivity contribution in [3.8, 4) is 5.88 Å². The van der Waals surface area contributed by atoms with Crippen LogP contribution < -0.4 is 15.8 Å². The average molecular weight is 253 g/mol. The summed E-state index contributed by atoms with van der Waals surface area (Å²) in [5.74, 6) is 1.51. The largest absolute Gasteiger partial charge is 0.481 e. The molecule has 2 rings (SSSR count). The van der Waals surface area contributed by atoms with Gasteiger partial charge < -0.3 is 20.7 Å². The van der Waals surface area contributed by atoms with Crippen LogP contribution in [0.2, 0.25) is 0 Å². The molecule has 18 heavy (non-hydrogen) atoms. The van der Waals surface area contributed by atoms with Crippen LogP contribution in [0.15, 0.2) is 6.07 Å². The van der Waals surface area contributed by atoms with Gasteiger partial charge in [0.2, 0.25) is 5.88 Å². The number of ether oxygens (including phenoxy) is 1. The molecule has 0 atom stereocenters. The third kappa shape index (κ3) is 2.66. The minimum absolute atomic E-state index is 0.320. The molecule has 1 aromatic heterocycles. The molecule has 7 heteroatoms. The number of urea groups is 1. The number of nitrogens with two attached hydrogens (primary N) is 1. The van der Waals surface area contributed by atoms with Crippen LogP contribution in [0.4, 0.5) is 10.6 Å². The third-order valence-electron chi connectivity index (χ3n) is 3.20. The quantitative estimate of drug-likeness (QED) is 0.815. The van der Waals surface area contributed by atoms with Crippen LogP contribution in [-0.4, -0.2) is 47.0 Å². The summed E-state index contributed by atoms with van der Waals surface area (Å²) < 4.78 is 6.84. The highest BCUT2D eigenvalue weighted by atomic mass is 16.5. The van der Waals surface area contributed by atoms with Crippen LogP contribution in [0.5, 0.6) is 5.88 Å². The number of carbonyl (C=O) groups excluding carboxylic acids is 1. The van der Waals surface area contributed by atoms with Gasteiger partial charge in [-0.1, -0.05) is 0 Å². The molecular weight excluding hydrogens is 234 g/mol. The van der Waals surface area contributed by atoms with E-state index in [-0.39, 0.29) is 6.03 Å². The lowest BCUT2D eigenvalue weighted by molar-refractivity contribution is 0.193. The van der Waals surface area contributed by atoms with Crippen LogP contribution in [0, 0.1) is 0 Å². The van der Waals surface area contributed by atoms with Gasteiger partial charge >= 0.3 is 6.03 Å². The molecular formula is C11H19N5O2. The molecule has 1 aromatic rings. The first kappa shape index (κ1) is 12.5. The maximum absolute atomic E-state index is 11.0. The maximum atomic E-state index is 11.0. The van der Waals surface area contributed by atoms with Gasteiger partial charge in [0.1, 0.15) is 0 Å². The number of hydrogen-bond donors (Lipinski definition) is 2. The first-order chi connectivity index (χ1) is 8.60. The molecule has 0 aliphatic carbocycles. The van der Waals surface area contributed by atoms with Crippen LogP contribution in [0.1, 0.15) is 12.8 Å². The number of anilines is 1. The van der Waals surface area contributed by atoms with E-state index in [1.165, 1.54) is 0 Å². The van der Waals surface area contributed by atoms with Gasteiger partial charge in [0.25, 0.3) is 0 Å². The summed E-state index contributed by atoms with van der Waals surface area (Å²) in [5, 5.41) is 7.65. The Morgan fingerprint density at radius 1 is 1.56 bits per heavy atom. The van der Waals surface area contributed by atoms with Gasteiger partial charge in [-0.25, -0.2) is 9.48 Å². The number of carbonyl (C=O) groups is 1. The molecule has 2 amide bonds. The number of hydrogen-bond acceptors (Lipinski definition) is 4. The van der Waals surface area contributed by atoms with Crippen molar-refractivity contribution in [2.75, 3.05) is 25.5 Å². The van der Waals surface area contributed by atoms with E-state index in [0.29, 0.717) is 25.0 Å². The van der Waals surface area contributed by atoms with Gasteiger partial charge in [0.05, 0.1) is 7.11 Å². The van der Waals surface area contributed by atoms with Crippen molar-refractivity contribution in [2.45, 2.75) is 18.9 Å². The van der Waals surface area contributed by atoms with Crippen molar-refractivity contribution in [1.29, 1.82) is 0 Å². The number of nitrogens with zero attached hydrogens (tertiary/aromatic N) is 3. The van der Waals surface area contributed by atoms with Gasteiger partial charge in [-0.15, -0.1) is 0 Å². The summed E-state index contributed by atoms with van der Waals surface area (Å²) in [6.45, 7) is 1.38. The van der Waals surface area contributed by atoms with Gasteiger partial charge in [-0.3, -0.25) is 0 Å². The molecule has 0 aromatic carbocycles. The van der Waals surface area contributed by atoms with E-state index in [1.54, 1.807) is 16.7 Å². The average Bonchev–Trinajstić information content (AvgIpc) is 2.70. The summed E-state index contributed by atoms with van der Waals surface area (Å²) in [6.07, 6.45) is 1.75. The summed E-state index contributed by atoms with van der Waals surface area (Å²) >= 11 is 0. The van der Waals surface area contributed by atoms with Crippen molar-refractivity contribution < 1.29 is 9.53 Å². The first-order valence-electron chi connectivity index (χ1n) is 5.99. The number of aryl methyl sites for hydroxylation is 1. The highest BCUT2D eigenvalue weighted by Crippen LogP contribution is 2.19.